The van der Waals surface area contributed by atoms with Gasteiger partial charge in [0.25, 0.3) is 0 Å². The van der Waals surface area contributed by atoms with Gasteiger partial charge >= 0.3 is 35.7 Å². The zero-order valence-electron chi connectivity index (χ0n) is 14.6. The van der Waals surface area contributed by atoms with Crippen LogP contribution in [0.5, 0.6) is 0 Å². The number of alkyl halides is 3. The largest absolute Gasteiger partial charge is 1.00 e. The van der Waals surface area contributed by atoms with Crippen molar-refractivity contribution in [3.8, 4) is 0 Å². The zero-order chi connectivity index (χ0) is 18.9. The Hall–Kier alpha value is -1.83. The first kappa shape index (κ1) is 21.5. The number of carbonyl (C=O) groups excluding carboxylic acids is 2. The summed E-state index contributed by atoms with van der Waals surface area (Å²) in [6, 6.07) is 9.24. The Balaban J connectivity index is 0.00000261. The van der Waals surface area contributed by atoms with Gasteiger partial charge in [-0.15, -0.1) is 0 Å². The maximum atomic E-state index is 13.1. The van der Waals surface area contributed by atoms with E-state index in [0.29, 0.717) is 16.7 Å². The van der Waals surface area contributed by atoms with E-state index in [1.54, 1.807) is 30.3 Å². The quantitative estimate of drug-likeness (QED) is 0.570. The van der Waals surface area contributed by atoms with Gasteiger partial charge in [0.05, 0.1) is 0 Å². The summed E-state index contributed by atoms with van der Waals surface area (Å²) in [7, 11) is 0. The number of carboxylic acid groups (broad SMARTS) is 1. The number of nitrogens with one attached hydrogen (secondary N) is 1. The minimum atomic E-state index is -4.44. The third-order valence-corrected chi connectivity index (χ3v) is 4.32. The Morgan fingerprint density at radius 1 is 1.15 bits per heavy atom. The molecule has 3 rings (SSSR count). The van der Waals surface area contributed by atoms with Crippen molar-refractivity contribution in [3.05, 3.63) is 64.7 Å². The molecule has 4 nitrogen and oxygen atoms in total. The van der Waals surface area contributed by atoms with E-state index >= 15 is 0 Å². The molecule has 0 amide bonds. The summed E-state index contributed by atoms with van der Waals surface area (Å²) in [5.74, 6) is -1.78. The Bertz CT molecular complexity index is 853. The minimum absolute atomic E-state index is 0. The Morgan fingerprint density at radius 2 is 1.81 bits per heavy atom. The number of ketones is 1. The van der Waals surface area contributed by atoms with Crippen LogP contribution >= 0.6 is 0 Å². The van der Waals surface area contributed by atoms with Gasteiger partial charge in [0, 0.05) is 29.2 Å². The zero-order valence-corrected chi connectivity index (χ0v) is 16.6. The number of carbonyl (C=O) groups is 2. The van der Waals surface area contributed by atoms with E-state index in [4.69, 9.17) is 0 Å². The van der Waals surface area contributed by atoms with Gasteiger partial charge in [-0.1, -0.05) is 36.4 Å². The first-order valence-electron chi connectivity index (χ1n) is 8.04. The first-order valence-corrected chi connectivity index (χ1v) is 8.04. The van der Waals surface area contributed by atoms with E-state index in [1.165, 1.54) is 12.1 Å². The monoisotopic (exact) mass is 385 g/mol. The summed E-state index contributed by atoms with van der Waals surface area (Å²) in [6.45, 7) is 0. The Kier molecular flexibility index (Phi) is 6.72. The van der Waals surface area contributed by atoms with Crippen molar-refractivity contribution in [2.75, 3.05) is 5.32 Å². The second-order valence-corrected chi connectivity index (χ2v) is 6.20. The van der Waals surface area contributed by atoms with E-state index in [9.17, 15) is 27.9 Å². The van der Waals surface area contributed by atoms with Crippen LogP contribution in [0.15, 0.2) is 42.5 Å². The fourth-order valence-electron chi connectivity index (χ4n) is 3.12. The molecular weight excluding hydrogens is 370 g/mol. The molecule has 0 saturated heterocycles. The van der Waals surface area contributed by atoms with Gasteiger partial charge in [0.15, 0.2) is 5.78 Å². The molecule has 1 aliphatic rings. The fourth-order valence-corrected chi connectivity index (χ4v) is 3.12. The number of carboxylic acids is 1. The number of fused-ring (bicyclic) bond motifs is 1. The molecular formula is C19H15F3NNaO3. The fraction of sp³-hybridized carbons (Fsp3) is 0.263. The average Bonchev–Trinajstić information content (AvgIpc) is 2.59. The van der Waals surface area contributed by atoms with E-state index in [2.05, 4.69) is 5.32 Å². The van der Waals surface area contributed by atoms with Crippen LogP contribution in [0.25, 0.3) is 0 Å². The van der Waals surface area contributed by atoms with E-state index in [1.807, 2.05) is 0 Å². The van der Waals surface area contributed by atoms with Gasteiger partial charge in [0.2, 0.25) is 0 Å². The van der Waals surface area contributed by atoms with E-state index in [0.717, 1.165) is 0 Å². The van der Waals surface area contributed by atoms with Crippen molar-refractivity contribution < 1.29 is 57.4 Å². The van der Waals surface area contributed by atoms with Crippen LogP contribution in [0.3, 0.4) is 0 Å². The van der Waals surface area contributed by atoms with Gasteiger partial charge in [0.1, 0.15) is 6.04 Å². The summed E-state index contributed by atoms with van der Waals surface area (Å²) in [4.78, 5) is 23.7. The third kappa shape index (κ3) is 4.91. The number of anilines is 1. The third-order valence-electron chi connectivity index (χ3n) is 4.32. The molecule has 2 aromatic rings. The molecule has 0 spiro atoms. The number of hydrogen-bond acceptors (Lipinski definition) is 4. The molecule has 0 bridgehead atoms. The Labute approximate surface area is 176 Å². The van der Waals surface area contributed by atoms with Gasteiger partial charge < -0.3 is 15.2 Å². The van der Waals surface area contributed by atoms with Crippen molar-refractivity contribution in [1.29, 1.82) is 0 Å². The van der Waals surface area contributed by atoms with Crippen LogP contribution in [-0.4, -0.2) is 24.0 Å². The molecule has 2 aromatic carbocycles. The maximum Gasteiger partial charge on any atom is 1.00 e. The number of rotatable bonds is 4. The smallest absolute Gasteiger partial charge is 0.550 e. The normalized spacial score (nSPS) is 15.9. The summed E-state index contributed by atoms with van der Waals surface area (Å²) in [6.07, 6.45) is -4.92. The van der Waals surface area contributed by atoms with Crippen LogP contribution in [0.1, 0.15) is 33.5 Å². The number of aliphatic carboxylic acids is 1. The molecule has 1 N–H and O–H groups in total. The van der Waals surface area contributed by atoms with E-state index in [-0.39, 0.29) is 53.6 Å². The van der Waals surface area contributed by atoms with Gasteiger partial charge in [-0.25, -0.2) is 0 Å². The molecule has 27 heavy (non-hydrogen) atoms. The van der Waals surface area contributed by atoms with E-state index < -0.39 is 30.4 Å². The van der Waals surface area contributed by atoms with Crippen molar-refractivity contribution in [2.24, 2.45) is 0 Å². The summed E-state index contributed by atoms with van der Waals surface area (Å²) in [5, 5.41) is 13.3. The van der Waals surface area contributed by atoms with Gasteiger partial charge in [-0.05, 0) is 30.0 Å². The number of hydrogen-bond donors (Lipinski definition) is 1. The molecule has 0 radical (unpaired) electrons. The molecule has 0 fully saturated rings. The molecule has 0 saturated carbocycles. The van der Waals surface area contributed by atoms with Gasteiger partial charge in [-0.3, -0.25) is 4.79 Å². The second-order valence-electron chi connectivity index (χ2n) is 6.20. The number of halogens is 3. The molecule has 1 heterocycles. The molecule has 136 valence electrons. The predicted molar refractivity (Wildman–Crippen MR) is 86.8 cm³/mol. The van der Waals surface area contributed by atoms with Crippen LogP contribution < -0.4 is 40.0 Å². The number of benzene rings is 2. The van der Waals surface area contributed by atoms with Crippen molar-refractivity contribution in [1.82, 2.24) is 0 Å². The summed E-state index contributed by atoms with van der Waals surface area (Å²) < 4.78 is 39.3. The van der Waals surface area contributed by atoms with Gasteiger partial charge in [-0.2, -0.15) is 13.2 Å². The first-order chi connectivity index (χ1) is 12.3. The van der Waals surface area contributed by atoms with Crippen molar-refractivity contribution in [3.63, 3.8) is 0 Å². The molecule has 1 atom stereocenters. The number of aryl methyl sites for hydroxylation is 1. The SMILES string of the molecule is O=C([O-])Cc1cc2c(c(C(=O)c3ccccc3)c1)NC(C(F)(F)F)CC2.[Na+]. The summed E-state index contributed by atoms with van der Waals surface area (Å²) in [5.41, 5.74) is 1.31. The predicted octanol–water partition coefficient (Wildman–Crippen LogP) is -0.497. The second kappa shape index (κ2) is 8.46. The van der Waals surface area contributed by atoms with Crippen LogP contribution in [-0.2, 0) is 17.6 Å². The van der Waals surface area contributed by atoms with Crippen LogP contribution in [0.2, 0.25) is 0 Å². The molecule has 1 aliphatic heterocycles. The topological polar surface area (TPSA) is 69.2 Å². The summed E-state index contributed by atoms with van der Waals surface area (Å²) >= 11 is 0. The minimum Gasteiger partial charge on any atom is -0.550 e. The maximum absolute atomic E-state index is 13.1. The standard InChI is InChI=1S/C19H16F3NO3.Na/c20-19(21,22)15-7-6-13-8-11(10-16(24)25)9-14(17(13)23-15)18(26)12-4-2-1-3-5-12;/h1-5,8-9,15,23H,6-7,10H2,(H,24,25);/q;+1/p-1. The Morgan fingerprint density at radius 3 is 2.41 bits per heavy atom. The molecule has 0 aromatic heterocycles. The molecule has 8 heteroatoms. The van der Waals surface area contributed by atoms with Crippen LogP contribution in [0, 0.1) is 0 Å². The molecule has 0 aliphatic carbocycles. The average molecular weight is 385 g/mol. The van der Waals surface area contributed by atoms with Crippen molar-refractivity contribution >= 4 is 17.4 Å². The van der Waals surface area contributed by atoms with Crippen molar-refractivity contribution in [2.45, 2.75) is 31.5 Å². The molecule has 1 unspecified atom stereocenters. The van der Waals surface area contributed by atoms with Crippen LogP contribution in [0.4, 0.5) is 18.9 Å².